The van der Waals surface area contributed by atoms with Crippen LogP contribution >= 0.6 is 11.8 Å². The molecule has 2 atom stereocenters. The highest BCUT2D eigenvalue weighted by atomic mass is 32.2. The molecule has 0 unspecified atom stereocenters. The lowest BCUT2D eigenvalue weighted by molar-refractivity contribution is -0.122. The summed E-state index contributed by atoms with van der Waals surface area (Å²) in [5.74, 6) is 1.64. The Morgan fingerprint density at radius 1 is 1.33 bits per heavy atom. The first-order chi connectivity index (χ1) is 5.77. The Bertz CT molecular complexity index is 225. The number of thioether (sulfide) groups is 1. The summed E-state index contributed by atoms with van der Waals surface area (Å²) in [6.45, 7) is 0. The van der Waals surface area contributed by atoms with Crippen LogP contribution in [0.1, 0.15) is 25.7 Å². The van der Waals surface area contributed by atoms with E-state index in [2.05, 4.69) is 0 Å². The molecule has 2 fully saturated rings. The van der Waals surface area contributed by atoms with Crippen LogP contribution in [0.2, 0.25) is 0 Å². The van der Waals surface area contributed by atoms with Crippen molar-refractivity contribution in [3.8, 4) is 0 Å². The van der Waals surface area contributed by atoms with Gasteiger partial charge in [-0.15, -0.1) is 11.8 Å². The summed E-state index contributed by atoms with van der Waals surface area (Å²) >= 11 is 1.56. The summed E-state index contributed by atoms with van der Waals surface area (Å²) in [5, 5.41) is 0.163. The highest BCUT2D eigenvalue weighted by molar-refractivity contribution is 8.01. The Balaban J connectivity index is 2.09. The molecule has 12 heavy (non-hydrogen) atoms. The summed E-state index contributed by atoms with van der Waals surface area (Å²) in [4.78, 5) is 22.5. The Morgan fingerprint density at radius 3 is 3.00 bits per heavy atom. The number of hydrogen-bond acceptors (Lipinski definition) is 3. The van der Waals surface area contributed by atoms with Gasteiger partial charge in [0.25, 0.3) is 0 Å². The number of carbonyl (C=O) groups is 2. The Morgan fingerprint density at radius 2 is 2.17 bits per heavy atom. The summed E-state index contributed by atoms with van der Waals surface area (Å²) in [5.41, 5.74) is 0. The van der Waals surface area contributed by atoms with Crippen LogP contribution in [0.4, 0.5) is 0 Å². The number of rotatable bonds is 0. The number of fused-ring (bicyclic) bond motifs is 1. The minimum atomic E-state index is 0.163. The monoisotopic (exact) mass is 184 g/mol. The van der Waals surface area contributed by atoms with Crippen LogP contribution in [0.5, 0.6) is 0 Å². The van der Waals surface area contributed by atoms with Gasteiger partial charge < -0.3 is 0 Å². The molecule has 0 aromatic rings. The van der Waals surface area contributed by atoms with Crippen molar-refractivity contribution in [2.75, 3.05) is 5.75 Å². The molecule has 0 N–H and O–H groups in total. The molecular formula is C9H12O2S. The third kappa shape index (κ3) is 1.42. The molecule has 1 heterocycles. The van der Waals surface area contributed by atoms with E-state index in [1.165, 1.54) is 0 Å². The zero-order valence-electron chi connectivity index (χ0n) is 6.91. The third-order valence-corrected chi connectivity index (χ3v) is 4.15. The van der Waals surface area contributed by atoms with Crippen LogP contribution in [0, 0.1) is 5.92 Å². The van der Waals surface area contributed by atoms with Gasteiger partial charge in [-0.3, -0.25) is 9.59 Å². The SMILES string of the molecule is O=C1CS[C@H]2C(=O)CCC[C@H]2C1. The molecule has 1 aliphatic carbocycles. The van der Waals surface area contributed by atoms with Gasteiger partial charge in [0.15, 0.2) is 0 Å². The summed E-state index contributed by atoms with van der Waals surface area (Å²) in [6, 6.07) is 0. The third-order valence-electron chi connectivity index (χ3n) is 2.66. The first-order valence-corrected chi connectivity index (χ1v) is 5.48. The van der Waals surface area contributed by atoms with Gasteiger partial charge >= 0.3 is 0 Å². The van der Waals surface area contributed by atoms with Crippen molar-refractivity contribution in [1.29, 1.82) is 0 Å². The molecule has 0 aromatic heterocycles. The van der Waals surface area contributed by atoms with Gasteiger partial charge in [-0.05, 0) is 18.8 Å². The fourth-order valence-corrected chi connectivity index (χ4v) is 3.36. The van der Waals surface area contributed by atoms with Crippen LogP contribution in [-0.2, 0) is 9.59 Å². The van der Waals surface area contributed by atoms with Gasteiger partial charge in [0.1, 0.15) is 11.6 Å². The summed E-state index contributed by atoms with van der Waals surface area (Å²) in [7, 11) is 0. The molecule has 66 valence electrons. The van der Waals surface area contributed by atoms with E-state index in [4.69, 9.17) is 0 Å². The van der Waals surface area contributed by atoms with Crippen molar-refractivity contribution >= 4 is 23.3 Å². The van der Waals surface area contributed by atoms with Crippen molar-refractivity contribution in [3.63, 3.8) is 0 Å². The molecular weight excluding hydrogens is 172 g/mol. The minimum absolute atomic E-state index is 0.163. The highest BCUT2D eigenvalue weighted by Gasteiger charge is 2.36. The van der Waals surface area contributed by atoms with Gasteiger partial charge in [0.2, 0.25) is 0 Å². The summed E-state index contributed by atoms with van der Waals surface area (Å²) in [6.07, 6.45) is 3.47. The normalized spacial score (nSPS) is 36.3. The number of ketones is 2. The molecule has 0 spiro atoms. The van der Waals surface area contributed by atoms with Crippen molar-refractivity contribution in [3.05, 3.63) is 0 Å². The molecule has 0 radical (unpaired) electrons. The summed E-state index contributed by atoms with van der Waals surface area (Å²) < 4.78 is 0. The highest BCUT2D eigenvalue weighted by Crippen LogP contribution is 2.37. The zero-order valence-corrected chi connectivity index (χ0v) is 7.73. The maximum atomic E-state index is 11.4. The number of Topliss-reactive ketones (excluding diaryl/α,β-unsaturated/α-hetero) is 2. The van der Waals surface area contributed by atoms with Crippen molar-refractivity contribution in [1.82, 2.24) is 0 Å². The van der Waals surface area contributed by atoms with Gasteiger partial charge in [0, 0.05) is 12.8 Å². The Kier molecular flexibility index (Phi) is 2.22. The van der Waals surface area contributed by atoms with Crippen LogP contribution in [0.3, 0.4) is 0 Å². The predicted molar refractivity (Wildman–Crippen MR) is 48.2 cm³/mol. The zero-order chi connectivity index (χ0) is 8.55. The van der Waals surface area contributed by atoms with Crippen molar-refractivity contribution < 1.29 is 9.59 Å². The lowest BCUT2D eigenvalue weighted by Gasteiger charge is -2.32. The second-order valence-corrected chi connectivity index (χ2v) is 4.72. The topological polar surface area (TPSA) is 34.1 Å². The fourth-order valence-electron chi connectivity index (χ4n) is 2.07. The number of hydrogen-bond donors (Lipinski definition) is 0. The van der Waals surface area contributed by atoms with Gasteiger partial charge in [-0.1, -0.05) is 0 Å². The molecule has 1 saturated carbocycles. The van der Waals surface area contributed by atoms with Crippen LogP contribution < -0.4 is 0 Å². The van der Waals surface area contributed by atoms with E-state index in [1.807, 2.05) is 0 Å². The van der Waals surface area contributed by atoms with E-state index in [1.54, 1.807) is 11.8 Å². The minimum Gasteiger partial charge on any atom is -0.299 e. The molecule has 0 bridgehead atoms. The quantitative estimate of drug-likeness (QED) is 0.571. The molecule has 0 aromatic carbocycles. The van der Waals surface area contributed by atoms with Gasteiger partial charge in [-0.2, -0.15) is 0 Å². The molecule has 1 aliphatic heterocycles. The second kappa shape index (κ2) is 3.21. The molecule has 0 amide bonds. The van der Waals surface area contributed by atoms with E-state index in [-0.39, 0.29) is 5.25 Å². The van der Waals surface area contributed by atoms with E-state index in [0.29, 0.717) is 29.7 Å². The first-order valence-electron chi connectivity index (χ1n) is 4.43. The van der Waals surface area contributed by atoms with E-state index in [0.717, 1.165) is 19.3 Å². The second-order valence-electron chi connectivity index (χ2n) is 3.59. The molecule has 2 aliphatic rings. The largest absolute Gasteiger partial charge is 0.299 e. The van der Waals surface area contributed by atoms with E-state index >= 15 is 0 Å². The molecule has 3 heteroatoms. The van der Waals surface area contributed by atoms with Crippen LogP contribution in [0.15, 0.2) is 0 Å². The van der Waals surface area contributed by atoms with E-state index < -0.39 is 0 Å². The number of carbonyl (C=O) groups excluding carboxylic acids is 2. The Labute approximate surface area is 76.1 Å². The predicted octanol–water partition coefficient (Wildman–Crippen LogP) is 1.43. The van der Waals surface area contributed by atoms with Crippen molar-refractivity contribution in [2.24, 2.45) is 5.92 Å². The average Bonchev–Trinajstić information content (AvgIpc) is 2.04. The van der Waals surface area contributed by atoms with Gasteiger partial charge in [-0.25, -0.2) is 0 Å². The maximum Gasteiger partial charge on any atom is 0.146 e. The molecule has 2 nitrogen and oxygen atoms in total. The van der Waals surface area contributed by atoms with E-state index in [9.17, 15) is 9.59 Å². The fraction of sp³-hybridized carbons (Fsp3) is 0.778. The van der Waals surface area contributed by atoms with Crippen molar-refractivity contribution in [2.45, 2.75) is 30.9 Å². The molecule has 1 saturated heterocycles. The molecule has 2 rings (SSSR count). The lowest BCUT2D eigenvalue weighted by Crippen LogP contribution is -2.37. The maximum absolute atomic E-state index is 11.4. The lowest BCUT2D eigenvalue weighted by atomic mass is 9.84. The average molecular weight is 184 g/mol. The smallest absolute Gasteiger partial charge is 0.146 e. The van der Waals surface area contributed by atoms with Gasteiger partial charge in [0.05, 0.1) is 11.0 Å². The standard InChI is InChI=1S/C9H12O2S/c10-7-4-6-2-1-3-8(11)9(6)12-5-7/h6,9H,1-5H2/t6-,9+/m0/s1. The Hall–Kier alpha value is -0.310. The van der Waals surface area contributed by atoms with Crippen LogP contribution in [0.25, 0.3) is 0 Å². The first kappa shape index (κ1) is 8.30. The van der Waals surface area contributed by atoms with Crippen LogP contribution in [-0.4, -0.2) is 22.6 Å².